The van der Waals surface area contributed by atoms with E-state index in [1.165, 1.54) is 36.1 Å². The second-order valence-electron chi connectivity index (χ2n) is 4.81. The van der Waals surface area contributed by atoms with E-state index < -0.39 is 0 Å². The minimum atomic E-state index is -0.384. The quantitative estimate of drug-likeness (QED) is 0.804. The van der Waals surface area contributed by atoms with E-state index in [4.69, 9.17) is 0 Å². The lowest BCUT2D eigenvalue weighted by Gasteiger charge is -2.01. The zero-order valence-electron chi connectivity index (χ0n) is 12.2. The van der Waals surface area contributed by atoms with Gasteiger partial charge < -0.3 is 0 Å². The van der Waals surface area contributed by atoms with Crippen LogP contribution in [-0.2, 0) is 13.5 Å². The smallest absolute Gasteiger partial charge is 0.277 e. The van der Waals surface area contributed by atoms with Gasteiger partial charge in [-0.3, -0.25) is 14.9 Å². The van der Waals surface area contributed by atoms with Crippen molar-refractivity contribution in [1.29, 1.82) is 0 Å². The van der Waals surface area contributed by atoms with Crippen LogP contribution in [0.4, 0.5) is 5.13 Å². The maximum atomic E-state index is 12.2. The lowest BCUT2D eigenvalue weighted by atomic mass is 10.2. The van der Waals surface area contributed by atoms with Gasteiger partial charge in [-0.15, -0.1) is 0 Å². The summed E-state index contributed by atoms with van der Waals surface area (Å²) in [5.74, 6) is -0.384. The first kappa shape index (κ1) is 14.4. The van der Waals surface area contributed by atoms with Crippen LogP contribution in [0.1, 0.15) is 23.0 Å². The highest BCUT2D eigenvalue weighted by Gasteiger charge is 2.12. The first-order valence-corrected chi connectivity index (χ1v) is 7.63. The summed E-state index contributed by atoms with van der Waals surface area (Å²) in [6.45, 7) is 2.09. The van der Waals surface area contributed by atoms with Crippen molar-refractivity contribution in [1.82, 2.24) is 14.8 Å². The van der Waals surface area contributed by atoms with Crippen LogP contribution in [0.25, 0.3) is 10.2 Å². The summed E-state index contributed by atoms with van der Waals surface area (Å²) >= 11 is 1.42. The average Bonchev–Trinajstić information content (AvgIpc) is 2.90. The molecule has 0 bridgehead atoms. The Balaban J connectivity index is 1.87. The molecule has 7 heteroatoms. The summed E-state index contributed by atoms with van der Waals surface area (Å²) in [7, 11) is 1.50. The fraction of sp³-hybridized carbons (Fsp3) is 0.200. The largest absolute Gasteiger partial charge is 0.296 e. The predicted molar refractivity (Wildman–Crippen MR) is 86.4 cm³/mol. The number of amides is 1. The molecule has 0 aliphatic carbocycles. The molecule has 3 rings (SSSR count). The maximum Gasteiger partial charge on any atom is 0.277 e. The molecule has 1 aromatic carbocycles. The Morgan fingerprint density at radius 2 is 2.14 bits per heavy atom. The first-order valence-electron chi connectivity index (χ1n) is 6.82. The third-order valence-electron chi connectivity index (χ3n) is 3.27. The van der Waals surface area contributed by atoms with Gasteiger partial charge in [-0.05, 0) is 30.2 Å². The number of carbonyl (C=O) groups excluding carboxylic acids is 1. The number of hydrogen-bond donors (Lipinski definition) is 1. The second kappa shape index (κ2) is 5.69. The molecule has 112 valence electrons. The highest BCUT2D eigenvalue weighted by molar-refractivity contribution is 7.22. The van der Waals surface area contributed by atoms with Gasteiger partial charge in [0.15, 0.2) is 5.13 Å². The molecule has 3 aromatic rings. The monoisotopic (exact) mass is 314 g/mol. The number of benzene rings is 1. The molecule has 6 nitrogen and oxygen atoms in total. The molecule has 22 heavy (non-hydrogen) atoms. The molecular weight excluding hydrogens is 300 g/mol. The van der Waals surface area contributed by atoms with Gasteiger partial charge in [0.25, 0.3) is 11.5 Å². The van der Waals surface area contributed by atoms with Crippen LogP contribution >= 0.6 is 11.3 Å². The molecule has 0 fully saturated rings. The molecular formula is C15H14N4O2S. The number of hydrogen-bond acceptors (Lipinski definition) is 5. The number of fused-ring (bicyclic) bond motifs is 1. The maximum absolute atomic E-state index is 12.2. The van der Waals surface area contributed by atoms with E-state index in [1.807, 2.05) is 12.1 Å². The van der Waals surface area contributed by atoms with Crippen molar-refractivity contribution >= 4 is 32.6 Å². The van der Waals surface area contributed by atoms with Gasteiger partial charge in [-0.1, -0.05) is 24.3 Å². The van der Waals surface area contributed by atoms with Crippen molar-refractivity contribution in [2.24, 2.45) is 7.05 Å². The Hall–Kier alpha value is -2.54. The van der Waals surface area contributed by atoms with E-state index in [9.17, 15) is 9.59 Å². The van der Waals surface area contributed by atoms with Crippen LogP contribution in [0.2, 0.25) is 0 Å². The van der Waals surface area contributed by atoms with Crippen molar-refractivity contribution < 1.29 is 4.79 Å². The Kier molecular flexibility index (Phi) is 3.72. The van der Waals surface area contributed by atoms with Crippen molar-refractivity contribution in [2.75, 3.05) is 5.32 Å². The van der Waals surface area contributed by atoms with Crippen LogP contribution in [0.3, 0.4) is 0 Å². The molecule has 0 radical (unpaired) electrons. The summed E-state index contributed by atoms with van der Waals surface area (Å²) in [6, 6.07) is 8.77. The van der Waals surface area contributed by atoms with Crippen molar-refractivity contribution in [2.45, 2.75) is 13.3 Å². The summed E-state index contributed by atoms with van der Waals surface area (Å²) in [4.78, 5) is 27.8. The fourth-order valence-corrected chi connectivity index (χ4v) is 2.95. The number of rotatable bonds is 3. The molecule has 0 saturated carbocycles. The normalized spacial score (nSPS) is 10.8. The zero-order valence-corrected chi connectivity index (χ0v) is 13.0. The molecule has 1 amide bonds. The van der Waals surface area contributed by atoms with Crippen molar-refractivity contribution in [3.05, 3.63) is 51.9 Å². The van der Waals surface area contributed by atoms with Gasteiger partial charge >= 0.3 is 0 Å². The molecule has 0 atom stereocenters. The van der Waals surface area contributed by atoms with E-state index in [0.29, 0.717) is 5.13 Å². The standard InChI is InChI=1S/C15H14N4O2S/c1-3-9-4-5-10-12(8-9)22-15(16-10)17-14(21)11-6-7-13(20)19(2)18-11/h4-8H,3H2,1-2H3,(H,16,17,21). The second-order valence-corrected chi connectivity index (χ2v) is 5.84. The van der Waals surface area contributed by atoms with Crippen molar-refractivity contribution in [3.63, 3.8) is 0 Å². The summed E-state index contributed by atoms with van der Waals surface area (Å²) < 4.78 is 2.16. The Morgan fingerprint density at radius 3 is 2.86 bits per heavy atom. The van der Waals surface area contributed by atoms with E-state index >= 15 is 0 Å². The molecule has 0 unspecified atom stereocenters. The van der Waals surface area contributed by atoms with Gasteiger partial charge in [0.05, 0.1) is 10.2 Å². The highest BCUT2D eigenvalue weighted by Crippen LogP contribution is 2.27. The minimum absolute atomic E-state index is 0.176. The number of nitrogens with one attached hydrogen (secondary N) is 1. The SMILES string of the molecule is CCc1ccc2nc(NC(=O)c3ccc(=O)n(C)n3)sc2c1. The van der Waals surface area contributed by atoms with Crippen LogP contribution in [0.5, 0.6) is 0 Å². The van der Waals surface area contributed by atoms with E-state index in [1.54, 1.807) is 0 Å². The number of aromatic nitrogens is 3. The minimum Gasteiger partial charge on any atom is -0.296 e. The zero-order chi connectivity index (χ0) is 15.7. The summed E-state index contributed by atoms with van der Waals surface area (Å²) in [5.41, 5.74) is 2.00. The number of anilines is 1. The van der Waals surface area contributed by atoms with Crippen LogP contribution in [0, 0.1) is 0 Å². The number of thiazole rings is 1. The summed E-state index contributed by atoms with van der Waals surface area (Å²) in [5, 5.41) is 7.16. The number of aryl methyl sites for hydroxylation is 2. The van der Waals surface area contributed by atoms with Gasteiger partial charge in [0.2, 0.25) is 0 Å². The molecule has 1 N–H and O–H groups in total. The molecule has 2 heterocycles. The van der Waals surface area contributed by atoms with Crippen LogP contribution in [0.15, 0.2) is 35.1 Å². The number of nitrogens with zero attached hydrogens (tertiary/aromatic N) is 3. The van der Waals surface area contributed by atoms with E-state index in [-0.39, 0.29) is 17.2 Å². The first-order chi connectivity index (χ1) is 10.6. The van der Waals surface area contributed by atoms with Crippen LogP contribution in [-0.4, -0.2) is 20.7 Å². The fourth-order valence-electron chi connectivity index (χ4n) is 2.03. The van der Waals surface area contributed by atoms with Gasteiger partial charge in [0, 0.05) is 13.1 Å². The lowest BCUT2D eigenvalue weighted by Crippen LogP contribution is -2.23. The van der Waals surface area contributed by atoms with E-state index in [2.05, 4.69) is 28.4 Å². The third-order valence-corrected chi connectivity index (χ3v) is 4.21. The Bertz CT molecular complexity index is 913. The van der Waals surface area contributed by atoms with E-state index in [0.717, 1.165) is 21.3 Å². The lowest BCUT2D eigenvalue weighted by molar-refractivity contribution is 0.102. The third kappa shape index (κ3) is 2.75. The van der Waals surface area contributed by atoms with Crippen molar-refractivity contribution in [3.8, 4) is 0 Å². The number of carbonyl (C=O) groups is 1. The highest BCUT2D eigenvalue weighted by atomic mass is 32.1. The molecule has 0 saturated heterocycles. The molecule has 0 spiro atoms. The topological polar surface area (TPSA) is 76.9 Å². The van der Waals surface area contributed by atoms with Crippen LogP contribution < -0.4 is 10.9 Å². The molecule has 0 aliphatic heterocycles. The average molecular weight is 314 g/mol. The Morgan fingerprint density at radius 1 is 1.32 bits per heavy atom. The predicted octanol–water partition coefficient (Wildman–Crippen LogP) is 2.20. The van der Waals surface area contributed by atoms with Gasteiger partial charge in [-0.25, -0.2) is 9.67 Å². The molecule has 0 aliphatic rings. The Labute approximate surface area is 130 Å². The van der Waals surface area contributed by atoms with Gasteiger partial charge in [-0.2, -0.15) is 5.10 Å². The van der Waals surface area contributed by atoms with Gasteiger partial charge in [0.1, 0.15) is 5.69 Å². The molecule has 2 aromatic heterocycles. The summed E-state index contributed by atoms with van der Waals surface area (Å²) in [6.07, 6.45) is 0.956.